The van der Waals surface area contributed by atoms with Crippen LogP contribution in [-0.2, 0) is 9.53 Å². The van der Waals surface area contributed by atoms with Crippen LogP contribution in [0.4, 0.5) is 4.39 Å². The first-order chi connectivity index (χ1) is 10.2. The number of aromatic nitrogens is 2. The maximum atomic E-state index is 13.8. The van der Waals surface area contributed by atoms with Crippen LogP contribution < -0.4 is 0 Å². The molecule has 0 fully saturated rings. The highest BCUT2D eigenvalue weighted by Gasteiger charge is 2.12. The standard InChI is InChI=1S/C15H15FN2O2S/c1-2-20-13(19)7-10-21-15-11(5-3-9-18-15)14-12(16)6-4-8-17-14/h3-6,8-9H,2,7,10H2,1H3. The third-order valence-corrected chi connectivity index (χ3v) is 3.64. The van der Waals surface area contributed by atoms with Crippen LogP contribution in [0.25, 0.3) is 11.3 Å². The van der Waals surface area contributed by atoms with Crippen LogP contribution in [0.2, 0.25) is 0 Å². The monoisotopic (exact) mass is 306 g/mol. The van der Waals surface area contributed by atoms with Gasteiger partial charge < -0.3 is 4.74 Å². The number of pyridine rings is 2. The minimum absolute atomic E-state index is 0.244. The van der Waals surface area contributed by atoms with Crippen molar-refractivity contribution < 1.29 is 13.9 Å². The molecule has 0 spiro atoms. The van der Waals surface area contributed by atoms with Gasteiger partial charge in [0, 0.05) is 23.7 Å². The normalized spacial score (nSPS) is 10.4. The molecule has 0 aliphatic heterocycles. The molecule has 0 saturated heterocycles. The van der Waals surface area contributed by atoms with Gasteiger partial charge in [0.1, 0.15) is 16.5 Å². The van der Waals surface area contributed by atoms with Crippen molar-refractivity contribution >= 4 is 17.7 Å². The Morgan fingerprint density at radius 2 is 2.05 bits per heavy atom. The number of carbonyl (C=O) groups is 1. The van der Waals surface area contributed by atoms with E-state index in [4.69, 9.17) is 4.74 Å². The second-order valence-corrected chi connectivity index (χ2v) is 5.18. The van der Waals surface area contributed by atoms with Gasteiger partial charge in [-0.25, -0.2) is 9.37 Å². The van der Waals surface area contributed by atoms with E-state index in [0.29, 0.717) is 29.4 Å². The predicted octanol–water partition coefficient (Wildman–Crippen LogP) is 3.33. The van der Waals surface area contributed by atoms with Crippen molar-refractivity contribution in [2.45, 2.75) is 18.4 Å². The summed E-state index contributed by atoms with van der Waals surface area (Å²) >= 11 is 1.39. The van der Waals surface area contributed by atoms with Crippen molar-refractivity contribution in [2.75, 3.05) is 12.4 Å². The van der Waals surface area contributed by atoms with Crippen molar-refractivity contribution in [3.8, 4) is 11.3 Å². The Morgan fingerprint density at radius 1 is 1.29 bits per heavy atom. The molecule has 2 aromatic rings. The molecule has 0 radical (unpaired) electrons. The molecule has 2 aromatic heterocycles. The lowest BCUT2D eigenvalue weighted by atomic mass is 10.2. The largest absolute Gasteiger partial charge is 0.466 e. The molecule has 0 amide bonds. The Morgan fingerprint density at radius 3 is 2.81 bits per heavy atom. The number of rotatable bonds is 6. The van der Waals surface area contributed by atoms with Crippen LogP contribution >= 0.6 is 11.8 Å². The molecular formula is C15H15FN2O2S. The number of nitrogens with zero attached hydrogens (tertiary/aromatic N) is 2. The highest BCUT2D eigenvalue weighted by Crippen LogP contribution is 2.29. The van der Waals surface area contributed by atoms with E-state index in [1.807, 2.05) is 0 Å². The lowest BCUT2D eigenvalue weighted by molar-refractivity contribution is -0.142. The number of carbonyl (C=O) groups excluding carboxylic acids is 1. The van der Waals surface area contributed by atoms with Crippen LogP contribution in [0.5, 0.6) is 0 Å². The fraction of sp³-hybridized carbons (Fsp3) is 0.267. The Kier molecular flexibility index (Phi) is 5.68. The number of hydrogen-bond acceptors (Lipinski definition) is 5. The fourth-order valence-electron chi connectivity index (χ4n) is 1.73. The predicted molar refractivity (Wildman–Crippen MR) is 79.4 cm³/mol. The van der Waals surface area contributed by atoms with Crippen LogP contribution in [0.1, 0.15) is 13.3 Å². The minimum Gasteiger partial charge on any atom is -0.466 e. The summed E-state index contributed by atoms with van der Waals surface area (Å²) in [6, 6.07) is 6.41. The molecule has 2 heterocycles. The lowest BCUT2D eigenvalue weighted by Crippen LogP contribution is -2.04. The summed E-state index contributed by atoms with van der Waals surface area (Å²) in [7, 11) is 0. The van der Waals surface area contributed by atoms with Gasteiger partial charge in [-0.3, -0.25) is 9.78 Å². The van der Waals surface area contributed by atoms with Crippen molar-refractivity contribution in [1.29, 1.82) is 0 Å². The van der Waals surface area contributed by atoms with E-state index < -0.39 is 5.82 Å². The van der Waals surface area contributed by atoms with E-state index in [0.717, 1.165) is 0 Å². The highest BCUT2D eigenvalue weighted by molar-refractivity contribution is 7.99. The zero-order chi connectivity index (χ0) is 15.1. The van der Waals surface area contributed by atoms with E-state index in [1.54, 1.807) is 37.5 Å². The van der Waals surface area contributed by atoms with Gasteiger partial charge in [-0.15, -0.1) is 11.8 Å². The SMILES string of the molecule is CCOC(=O)CCSc1ncccc1-c1ncccc1F. The summed E-state index contributed by atoms with van der Waals surface area (Å²) < 4.78 is 18.7. The fourth-order valence-corrected chi connectivity index (χ4v) is 2.65. The molecule has 0 aliphatic rings. The van der Waals surface area contributed by atoms with Gasteiger partial charge in [0.25, 0.3) is 0 Å². The number of esters is 1. The summed E-state index contributed by atoms with van der Waals surface area (Å²) in [6.45, 7) is 2.14. The molecule has 110 valence electrons. The molecule has 0 aliphatic carbocycles. The zero-order valence-electron chi connectivity index (χ0n) is 11.6. The second-order valence-electron chi connectivity index (χ2n) is 4.09. The molecule has 6 heteroatoms. The third-order valence-electron chi connectivity index (χ3n) is 2.64. The molecule has 0 bridgehead atoms. The van der Waals surface area contributed by atoms with Crippen LogP contribution in [-0.4, -0.2) is 28.3 Å². The molecule has 21 heavy (non-hydrogen) atoms. The van der Waals surface area contributed by atoms with Gasteiger partial charge in [-0.1, -0.05) is 0 Å². The topological polar surface area (TPSA) is 52.1 Å². The first kappa shape index (κ1) is 15.4. The Bertz CT molecular complexity index is 622. The van der Waals surface area contributed by atoms with Gasteiger partial charge in [0.05, 0.1) is 13.0 Å². The summed E-state index contributed by atoms with van der Waals surface area (Å²) in [4.78, 5) is 19.6. The quantitative estimate of drug-likeness (QED) is 0.605. The Balaban J connectivity index is 2.11. The molecular weight excluding hydrogens is 291 g/mol. The van der Waals surface area contributed by atoms with E-state index in [9.17, 15) is 9.18 Å². The summed E-state index contributed by atoms with van der Waals surface area (Å²) in [5, 5.41) is 0.652. The Labute approximate surface area is 126 Å². The van der Waals surface area contributed by atoms with Crippen molar-refractivity contribution in [3.05, 3.63) is 42.5 Å². The van der Waals surface area contributed by atoms with E-state index in [-0.39, 0.29) is 11.7 Å². The van der Waals surface area contributed by atoms with Gasteiger partial charge in [-0.2, -0.15) is 0 Å². The average molecular weight is 306 g/mol. The van der Waals surface area contributed by atoms with Crippen molar-refractivity contribution in [3.63, 3.8) is 0 Å². The van der Waals surface area contributed by atoms with E-state index in [2.05, 4.69) is 9.97 Å². The highest BCUT2D eigenvalue weighted by atomic mass is 32.2. The van der Waals surface area contributed by atoms with Crippen molar-refractivity contribution in [1.82, 2.24) is 9.97 Å². The van der Waals surface area contributed by atoms with Gasteiger partial charge in [0.15, 0.2) is 0 Å². The summed E-state index contributed by atoms with van der Waals surface area (Å²) in [5.74, 6) is -0.110. The second kappa shape index (κ2) is 7.73. The minimum atomic E-state index is -0.391. The molecule has 4 nitrogen and oxygen atoms in total. The maximum Gasteiger partial charge on any atom is 0.306 e. The first-order valence-corrected chi connectivity index (χ1v) is 7.55. The zero-order valence-corrected chi connectivity index (χ0v) is 12.4. The average Bonchev–Trinajstić information content (AvgIpc) is 2.49. The van der Waals surface area contributed by atoms with E-state index >= 15 is 0 Å². The lowest BCUT2D eigenvalue weighted by Gasteiger charge is -2.08. The summed E-state index contributed by atoms with van der Waals surface area (Å²) in [6.07, 6.45) is 3.47. The number of hydrogen-bond donors (Lipinski definition) is 0. The van der Waals surface area contributed by atoms with Crippen LogP contribution in [0, 0.1) is 5.82 Å². The van der Waals surface area contributed by atoms with Gasteiger partial charge in [-0.05, 0) is 31.2 Å². The number of thioether (sulfide) groups is 1. The molecule has 2 rings (SSSR count). The Hall–Kier alpha value is -1.95. The maximum absolute atomic E-state index is 13.8. The summed E-state index contributed by atoms with van der Waals surface area (Å²) in [5.41, 5.74) is 0.897. The molecule has 0 N–H and O–H groups in total. The van der Waals surface area contributed by atoms with Crippen LogP contribution in [0.3, 0.4) is 0 Å². The van der Waals surface area contributed by atoms with E-state index in [1.165, 1.54) is 17.8 Å². The number of halogens is 1. The smallest absolute Gasteiger partial charge is 0.306 e. The molecule has 0 saturated carbocycles. The molecule has 0 aromatic carbocycles. The third kappa shape index (κ3) is 4.26. The van der Waals surface area contributed by atoms with Crippen LogP contribution in [0.15, 0.2) is 41.7 Å². The van der Waals surface area contributed by atoms with Gasteiger partial charge >= 0.3 is 5.97 Å². The molecule has 0 unspecified atom stereocenters. The molecule has 0 atom stereocenters. The number of ether oxygens (including phenoxy) is 1. The van der Waals surface area contributed by atoms with Gasteiger partial charge in [0.2, 0.25) is 0 Å². The first-order valence-electron chi connectivity index (χ1n) is 6.56. The van der Waals surface area contributed by atoms with Crippen molar-refractivity contribution in [2.24, 2.45) is 0 Å².